The third-order valence-electron chi connectivity index (χ3n) is 2.28. The first-order valence-electron chi connectivity index (χ1n) is 5.72. The Bertz CT molecular complexity index is 514. The topological polar surface area (TPSA) is 75.6 Å². The van der Waals surface area contributed by atoms with Crippen LogP contribution in [0.1, 0.15) is 22.3 Å². The van der Waals surface area contributed by atoms with Gasteiger partial charge < -0.3 is 15.2 Å². The summed E-state index contributed by atoms with van der Waals surface area (Å²) < 4.78 is 4.47. The molecule has 19 heavy (non-hydrogen) atoms. The van der Waals surface area contributed by atoms with Crippen molar-refractivity contribution in [3.63, 3.8) is 0 Å². The quantitative estimate of drug-likeness (QED) is 0.604. The number of aliphatic hydroxyl groups excluding tert-OH is 1. The Balaban J connectivity index is 2.59. The Hall–Kier alpha value is -2.32. The third-order valence-corrected chi connectivity index (χ3v) is 2.28. The lowest BCUT2D eigenvalue weighted by molar-refractivity contribution is -0.140. The molecule has 0 radical (unpaired) electrons. The number of esters is 1. The van der Waals surface area contributed by atoms with Gasteiger partial charge in [0.1, 0.15) is 6.61 Å². The molecule has 0 saturated heterocycles. The van der Waals surface area contributed by atoms with Crippen LogP contribution in [0.15, 0.2) is 24.3 Å². The van der Waals surface area contributed by atoms with Gasteiger partial charge in [0, 0.05) is 17.7 Å². The van der Waals surface area contributed by atoms with Crippen molar-refractivity contribution >= 4 is 11.9 Å². The van der Waals surface area contributed by atoms with Crippen molar-refractivity contribution in [2.24, 2.45) is 0 Å². The van der Waals surface area contributed by atoms with Gasteiger partial charge in [-0.2, -0.15) is 0 Å². The molecule has 1 aromatic rings. The molecule has 0 fully saturated rings. The maximum atomic E-state index is 11.8. The summed E-state index contributed by atoms with van der Waals surface area (Å²) in [6, 6.07) is 6.72. The number of rotatable bonds is 4. The zero-order valence-electron chi connectivity index (χ0n) is 10.6. The molecule has 0 atom stereocenters. The highest BCUT2D eigenvalue weighted by Crippen LogP contribution is 2.04. The van der Waals surface area contributed by atoms with Crippen LogP contribution in [0.5, 0.6) is 0 Å². The van der Waals surface area contributed by atoms with Gasteiger partial charge in [-0.25, -0.2) is 0 Å². The van der Waals surface area contributed by atoms with E-state index >= 15 is 0 Å². The van der Waals surface area contributed by atoms with Gasteiger partial charge in [0.2, 0.25) is 0 Å². The first-order valence-corrected chi connectivity index (χ1v) is 5.72. The second-order valence-electron chi connectivity index (χ2n) is 3.62. The minimum Gasteiger partial charge on any atom is -0.469 e. The Labute approximate surface area is 111 Å². The standard InChI is InChI=1S/C14H15NO4/c1-19-13(17)7-8-15-14(18)12-6-2-4-11(10-12)5-3-9-16/h2,4,6,10,16H,7-9H2,1H3,(H,15,18). The molecule has 1 amide bonds. The van der Waals surface area contributed by atoms with Crippen LogP contribution in [-0.2, 0) is 9.53 Å². The molecule has 0 unspecified atom stereocenters. The van der Waals surface area contributed by atoms with E-state index in [4.69, 9.17) is 5.11 Å². The van der Waals surface area contributed by atoms with Crippen LogP contribution in [0.4, 0.5) is 0 Å². The largest absolute Gasteiger partial charge is 0.469 e. The summed E-state index contributed by atoms with van der Waals surface area (Å²) in [5, 5.41) is 11.2. The summed E-state index contributed by atoms with van der Waals surface area (Å²) in [7, 11) is 1.30. The molecular weight excluding hydrogens is 246 g/mol. The number of carbonyl (C=O) groups is 2. The van der Waals surface area contributed by atoms with E-state index < -0.39 is 0 Å². The van der Waals surface area contributed by atoms with E-state index in [1.54, 1.807) is 24.3 Å². The van der Waals surface area contributed by atoms with Gasteiger partial charge in [-0.1, -0.05) is 17.9 Å². The molecule has 1 aromatic carbocycles. The summed E-state index contributed by atoms with van der Waals surface area (Å²) in [6.07, 6.45) is 0.131. The Morgan fingerprint density at radius 3 is 2.89 bits per heavy atom. The van der Waals surface area contributed by atoms with Crippen LogP contribution in [0.2, 0.25) is 0 Å². The van der Waals surface area contributed by atoms with Crippen molar-refractivity contribution in [1.29, 1.82) is 0 Å². The fourth-order valence-corrected chi connectivity index (χ4v) is 1.36. The predicted molar refractivity (Wildman–Crippen MR) is 69.4 cm³/mol. The average molecular weight is 261 g/mol. The molecular formula is C14H15NO4. The van der Waals surface area contributed by atoms with Crippen LogP contribution in [-0.4, -0.2) is 37.2 Å². The van der Waals surface area contributed by atoms with Gasteiger partial charge in [0.15, 0.2) is 0 Å². The number of nitrogens with one attached hydrogen (secondary N) is 1. The molecule has 0 aromatic heterocycles. The zero-order valence-corrected chi connectivity index (χ0v) is 10.6. The second kappa shape index (κ2) is 7.90. The number of hydrogen-bond donors (Lipinski definition) is 2. The number of carbonyl (C=O) groups excluding carboxylic acids is 2. The Morgan fingerprint density at radius 1 is 1.42 bits per heavy atom. The van der Waals surface area contributed by atoms with Gasteiger partial charge in [0.25, 0.3) is 5.91 Å². The molecule has 5 heteroatoms. The molecule has 0 heterocycles. The van der Waals surface area contributed by atoms with Crippen molar-refractivity contribution in [1.82, 2.24) is 5.32 Å². The third kappa shape index (κ3) is 5.23. The van der Waals surface area contributed by atoms with Crippen molar-refractivity contribution < 1.29 is 19.4 Å². The highest BCUT2D eigenvalue weighted by Gasteiger charge is 2.06. The lowest BCUT2D eigenvalue weighted by atomic mass is 10.1. The van der Waals surface area contributed by atoms with Crippen molar-refractivity contribution in [3.05, 3.63) is 35.4 Å². The normalized spacial score (nSPS) is 9.16. The average Bonchev–Trinajstić information content (AvgIpc) is 2.45. The molecule has 0 aliphatic rings. The van der Waals surface area contributed by atoms with Crippen molar-refractivity contribution in [2.75, 3.05) is 20.3 Å². The summed E-state index contributed by atoms with van der Waals surface area (Å²) >= 11 is 0. The summed E-state index contributed by atoms with van der Waals surface area (Å²) in [4.78, 5) is 22.7. The number of amides is 1. The van der Waals surface area contributed by atoms with Gasteiger partial charge in [-0.15, -0.1) is 0 Å². The fraction of sp³-hybridized carbons (Fsp3) is 0.286. The molecule has 0 bridgehead atoms. The summed E-state index contributed by atoms with van der Waals surface area (Å²) in [6.45, 7) is -0.00634. The van der Waals surface area contributed by atoms with E-state index in [1.807, 2.05) is 0 Å². The number of aliphatic hydroxyl groups is 1. The fourth-order valence-electron chi connectivity index (χ4n) is 1.36. The first-order chi connectivity index (χ1) is 9.17. The Morgan fingerprint density at radius 2 is 2.21 bits per heavy atom. The molecule has 0 aliphatic carbocycles. The lowest BCUT2D eigenvalue weighted by Crippen LogP contribution is -2.26. The first kappa shape index (κ1) is 14.7. The van der Waals surface area contributed by atoms with Crippen molar-refractivity contribution in [2.45, 2.75) is 6.42 Å². The van der Waals surface area contributed by atoms with Crippen molar-refractivity contribution in [3.8, 4) is 11.8 Å². The molecule has 0 saturated carbocycles. The van der Waals surface area contributed by atoms with E-state index in [2.05, 4.69) is 21.9 Å². The maximum absolute atomic E-state index is 11.8. The minimum absolute atomic E-state index is 0.131. The molecule has 1 rings (SSSR count). The molecule has 5 nitrogen and oxygen atoms in total. The number of ether oxygens (including phenoxy) is 1. The molecule has 2 N–H and O–H groups in total. The van der Waals surface area contributed by atoms with Gasteiger partial charge in [-0.3, -0.25) is 9.59 Å². The number of benzene rings is 1. The maximum Gasteiger partial charge on any atom is 0.307 e. The van der Waals surface area contributed by atoms with Crippen LogP contribution in [0, 0.1) is 11.8 Å². The van der Waals surface area contributed by atoms with E-state index in [0.29, 0.717) is 11.1 Å². The van der Waals surface area contributed by atoms with E-state index in [9.17, 15) is 9.59 Å². The summed E-state index contributed by atoms with van der Waals surface area (Å²) in [5.74, 6) is 4.57. The van der Waals surface area contributed by atoms with E-state index in [-0.39, 0.29) is 31.4 Å². The van der Waals surface area contributed by atoms with Gasteiger partial charge >= 0.3 is 5.97 Å². The van der Waals surface area contributed by atoms with Crippen LogP contribution >= 0.6 is 0 Å². The SMILES string of the molecule is COC(=O)CCNC(=O)c1cccc(C#CCO)c1. The van der Waals surface area contributed by atoms with Crippen LogP contribution in [0.25, 0.3) is 0 Å². The smallest absolute Gasteiger partial charge is 0.307 e. The molecule has 0 aliphatic heterocycles. The zero-order chi connectivity index (χ0) is 14.1. The van der Waals surface area contributed by atoms with Gasteiger partial charge in [-0.05, 0) is 18.2 Å². The monoisotopic (exact) mass is 261 g/mol. The van der Waals surface area contributed by atoms with Crippen LogP contribution in [0.3, 0.4) is 0 Å². The second-order valence-corrected chi connectivity index (χ2v) is 3.62. The molecule has 100 valence electrons. The highest BCUT2D eigenvalue weighted by molar-refractivity contribution is 5.94. The Kier molecular flexibility index (Phi) is 6.13. The summed E-state index contributed by atoms with van der Waals surface area (Å²) in [5.41, 5.74) is 1.10. The number of hydrogen-bond acceptors (Lipinski definition) is 4. The van der Waals surface area contributed by atoms with E-state index in [0.717, 1.165) is 0 Å². The predicted octanol–water partition coefficient (Wildman–Crippen LogP) is 0.323. The van der Waals surface area contributed by atoms with E-state index in [1.165, 1.54) is 7.11 Å². The molecule has 0 spiro atoms. The van der Waals surface area contributed by atoms with Crippen LogP contribution < -0.4 is 5.32 Å². The van der Waals surface area contributed by atoms with Gasteiger partial charge in [0.05, 0.1) is 13.5 Å². The lowest BCUT2D eigenvalue weighted by Gasteiger charge is -2.04. The highest BCUT2D eigenvalue weighted by atomic mass is 16.5. The minimum atomic E-state index is -0.372. The number of methoxy groups -OCH3 is 1.